The fourth-order valence-electron chi connectivity index (χ4n) is 1.64. The molecule has 0 nitrogen and oxygen atoms in total. The Hall–Kier alpha value is -1.56. The summed E-state index contributed by atoms with van der Waals surface area (Å²) in [7, 11) is 0. The van der Waals surface area contributed by atoms with Gasteiger partial charge in [-0.25, -0.2) is 0 Å². The molecule has 0 bridgehead atoms. The van der Waals surface area contributed by atoms with Gasteiger partial charge in [0.05, 0.1) is 0 Å². The van der Waals surface area contributed by atoms with Crippen LogP contribution in [-0.4, -0.2) is 0 Å². The highest BCUT2D eigenvalue weighted by Gasteiger charge is 2.00. The SMILES string of the molecule is C=C/C(CC)=C(\C=C)Cc1ccccc1. The zero-order valence-corrected chi connectivity index (χ0v) is 9.37. The second-order valence-electron chi connectivity index (χ2n) is 3.47. The fourth-order valence-corrected chi connectivity index (χ4v) is 1.64. The van der Waals surface area contributed by atoms with E-state index in [9.17, 15) is 0 Å². The Morgan fingerprint density at radius 2 is 1.67 bits per heavy atom. The standard InChI is InChI=1S/C15H18/c1-4-14(5-2)15(6-3)12-13-10-8-7-9-11-13/h4,6-11H,1,3,5,12H2,2H3/b15-14-. The van der Waals surface area contributed by atoms with Gasteiger partial charge in [0.15, 0.2) is 0 Å². The zero-order chi connectivity index (χ0) is 11.1. The summed E-state index contributed by atoms with van der Waals surface area (Å²) in [5.41, 5.74) is 3.88. The lowest BCUT2D eigenvalue weighted by molar-refractivity contribution is 1.07. The van der Waals surface area contributed by atoms with Crippen LogP contribution in [-0.2, 0) is 6.42 Å². The highest BCUT2D eigenvalue weighted by atomic mass is 14.0. The molecule has 78 valence electrons. The Morgan fingerprint density at radius 3 is 2.13 bits per heavy atom. The van der Waals surface area contributed by atoms with Crippen molar-refractivity contribution in [3.63, 3.8) is 0 Å². The summed E-state index contributed by atoms with van der Waals surface area (Å²) in [5, 5.41) is 0. The van der Waals surface area contributed by atoms with Gasteiger partial charge in [-0.3, -0.25) is 0 Å². The van der Waals surface area contributed by atoms with Crippen molar-refractivity contribution >= 4 is 0 Å². The second-order valence-corrected chi connectivity index (χ2v) is 3.47. The fraction of sp³-hybridized carbons (Fsp3) is 0.200. The molecule has 0 aliphatic carbocycles. The first-order valence-corrected chi connectivity index (χ1v) is 5.32. The quantitative estimate of drug-likeness (QED) is 0.618. The minimum atomic E-state index is 0.944. The van der Waals surface area contributed by atoms with E-state index in [1.165, 1.54) is 16.7 Å². The molecule has 0 aliphatic heterocycles. The van der Waals surface area contributed by atoms with Crippen LogP contribution in [0.15, 0.2) is 66.8 Å². The number of hydrogen-bond acceptors (Lipinski definition) is 0. The van der Waals surface area contributed by atoms with Gasteiger partial charge in [0.1, 0.15) is 0 Å². The lowest BCUT2D eigenvalue weighted by Crippen LogP contribution is -1.91. The van der Waals surface area contributed by atoms with Crippen LogP contribution in [0.5, 0.6) is 0 Å². The average Bonchev–Trinajstić information content (AvgIpc) is 2.30. The van der Waals surface area contributed by atoms with Gasteiger partial charge >= 0.3 is 0 Å². The predicted molar refractivity (Wildman–Crippen MR) is 67.9 cm³/mol. The minimum Gasteiger partial charge on any atom is -0.0988 e. The van der Waals surface area contributed by atoms with E-state index in [1.807, 2.05) is 18.2 Å². The molecule has 0 atom stereocenters. The molecule has 1 aromatic rings. The number of benzene rings is 1. The van der Waals surface area contributed by atoms with Gasteiger partial charge in [-0.2, -0.15) is 0 Å². The highest BCUT2D eigenvalue weighted by Crippen LogP contribution is 2.16. The van der Waals surface area contributed by atoms with E-state index >= 15 is 0 Å². The van der Waals surface area contributed by atoms with Crippen molar-refractivity contribution in [2.24, 2.45) is 0 Å². The van der Waals surface area contributed by atoms with Crippen LogP contribution in [0.3, 0.4) is 0 Å². The first kappa shape index (κ1) is 11.5. The average molecular weight is 198 g/mol. The van der Waals surface area contributed by atoms with Crippen LogP contribution in [0.2, 0.25) is 0 Å². The maximum atomic E-state index is 3.87. The molecule has 0 saturated carbocycles. The van der Waals surface area contributed by atoms with E-state index in [1.54, 1.807) is 0 Å². The number of hydrogen-bond donors (Lipinski definition) is 0. The van der Waals surface area contributed by atoms with Gasteiger partial charge in [0.25, 0.3) is 0 Å². The van der Waals surface area contributed by atoms with Crippen LogP contribution in [0.1, 0.15) is 18.9 Å². The third-order valence-corrected chi connectivity index (χ3v) is 2.52. The van der Waals surface area contributed by atoms with Crippen LogP contribution >= 0.6 is 0 Å². The molecule has 0 amide bonds. The van der Waals surface area contributed by atoms with Crippen molar-refractivity contribution in [2.45, 2.75) is 19.8 Å². The van der Waals surface area contributed by atoms with Gasteiger partial charge in [0.2, 0.25) is 0 Å². The Kier molecular flexibility index (Phi) is 4.62. The summed E-state index contributed by atoms with van der Waals surface area (Å²) in [6.45, 7) is 9.85. The molecule has 0 spiro atoms. The summed E-state index contributed by atoms with van der Waals surface area (Å²) in [6, 6.07) is 10.4. The van der Waals surface area contributed by atoms with E-state index in [0.29, 0.717) is 0 Å². The Morgan fingerprint density at radius 1 is 1.07 bits per heavy atom. The molecule has 0 heterocycles. The Balaban J connectivity index is 2.91. The molecule has 0 heteroatoms. The Bertz CT molecular complexity index is 355. The first-order valence-electron chi connectivity index (χ1n) is 5.32. The first-order chi connectivity index (χ1) is 7.31. The lowest BCUT2D eigenvalue weighted by atomic mass is 9.98. The third kappa shape index (κ3) is 3.25. The van der Waals surface area contributed by atoms with E-state index in [2.05, 4.69) is 44.3 Å². The van der Waals surface area contributed by atoms with E-state index in [0.717, 1.165) is 12.8 Å². The lowest BCUT2D eigenvalue weighted by Gasteiger charge is -2.07. The molecular weight excluding hydrogens is 180 g/mol. The van der Waals surface area contributed by atoms with Crippen LogP contribution in [0.4, 0.5) is 0 Å². The van der Waals surface area contributed by atoms with Gasteiger partial charge in [0, 0.05) is 0 Å². The molecule has 1 aromatic carbocycles. The summed E-state index contributed by atoms with van der Waals surface area (Å²) < 4.78 is 0. The van der Waals surface area contributed by atoms with Crippen molar-refractivity contribution in [1.29, 1.82) is 0 Å². The molecule has 0 aliphatic rings. The van der Waals surface area contributed by atoms with Gasteiger partial charge in [-0.05, 0) is 29.6 Å². The molecule has 0 unspecified atom stereocenters. The molecule has 0 aromatic heterocycles. The maximum Gasteiger partial charge on any atom is -0.00233 e. The van der Waals surface area contributed by atoms with Gasteiger partial charge < -0.3 is 0 Å². The van der Waals surface area contributed by atoms with Crippen molar-refractivity contribution in [3.05, 3.63) is 72.4 Å². The normalized spacial score (nSPS) is 11.8. The highest BCUT2D eigenvalue weighted by molar-refractivity contribution is 5.35. The molecule has 1 rings (SSSR count). The van der Waals surface area contributed by atoms with Crippen LogP contribution < -0.4 is 0 Å². The number of allylic oxidation sites excluding steroid dienone is 4. The Labute approximate surface area is 92.6 Å². The maximum absolute atomic E-state index is 3.87. The molecule has 0 N–H and O–H groups in total. The van der Waals surface area contributed by atoms with Crippen molar-refractivity contribution in [2.75, 3.05) is 0 Å². The van der Waals surface area contributed by atoms with E-state index in [-0.39, 0.29) is 0 Å². The van der Waals surface area contributed by atoms with Crippen molar-refractivity contribution in [3.8, 4) is 0 Å². The summed E-state index contributed by atoms with van der Waals surface area (Å²) in [4.78, 5) is 0. The van der Waals surface area contributed by atoms with E-state index in [4.69, 9.17) is 0 Å². The predicted octanol–water partition coefficient (Wildman–Crippen LogP) is 4.31. The zero-order valence-electron chi connectivity index (χ0n) is 9.37. The summed E-state index contributed by atoms with van der Waals surface area (Å²) >= 11 is 0. The summed E-state index contributed by atoms with van der Waals surface area (Å²) in [5.74, 6) is 0. The molecule has 0 radical (unpaired) electrons. The smallest absolute Gasteiger partial charge is 0.00233 e. The monoisotopic (exact) mass is 198 g/mol. The summed E-state index contributed by atoms with van der Waals surface area (Å²) in [6.07, 6.45) is 5.82. The topological polar surface area (TPSA) is 0 Å². The van der Waals surface area contributed by atoms with Gasteiger partial charge in [-0.15, -0.1) is 0 Å². The van der Waals surface area contributed by atoms with Crippen molar-refractivity contribution in [1.82, 2.24) is 0 Å². The number of rotatable bonds is 5. The van der Waals surface area contributed by atoms with Gasteiger partial charge in [-0.1, -0.05) is 62.6 Å². The largest absolute Gasteiger partial charge is 0.0988 e. The van der Waals surface area contributed by atoms with Crippen LogP contribution in [0, 0.1) is 0 Å². The molecule has 15 heavy (non-hydrogen) atoms. The van der Waals surface area contributed by atoms with E-state index < -0.39 is 0 Å². The molecule has 0 fully saturated rings. The molecule has 0 saturated heterocycles. The minimum absolute atomic E-state index is 0.944. The third-order valence-electron chi connectivity index (χ3n) is 2.52. The molecular formula is C15H18. The second kappa shape index (κ2) is 6.02. The van der Waals surface area contributed by atoms with Crippen molar-refractivity contribution < 1.29 is 0 Å². The van der Waals surface area contributed by atoms with Crippen LogP contribution in [0.25, 0.3) is 0 Å².